The van der Waals surface area contributed by atoms with Crippen LogP contribution in [0.15, 0.2) is 34.8 Å². The van der Waals surface area contributed by atoms with Crippen molar-refractivity contribution in [3.05, 3.63) is 50.1 Å². The Labute approximate surface area is 125 Å². The maximum absolute atomic E-state index is 5.70. The fraction of sp³-hybridized carbons (Fsp3) is 0.286. The highest BCUT2D eigenvalue weighted by molar-refractivity contribution is 9.10. The number of halogens is 1. The van der Waals surface area contributed by atoms with E-state index in [1.54, 1.807) is 18.4 Å². The van der Waals surface area contributed by atoms with Crippen molar-refractivity contribution < 1.29 is 4.74 Å². The van der Waals surface area contributed by atoms with E-state index in [1.165, 1.54) is 9.75 Å². The van der Waals surface area contributed by atoms with Crippen molar-refractivity contribution in [3.8, 4) is 5.75 Å². The maximum Gasteiger partial charge on any atom is 0.122 e. The van der Waals surface area contributed by atoms with Gasteiger partial charge >= 0.3 is 0 Å². The lowest BCUT2D eigenvalue weighted by Crippen LogP contribution is -2.29. The molecule has 1 unspecified atom stereocenters. The molecule has 3 N–H and O–H groups in total. The third-order valence-corrected chi connectivity index (χ3v) is 4.58. The van der Waals surface area contributed by atoms with E-state index in [2.05, 4.69) is 46.5 Å². The van der Waals surface area contributed by atoms with Crippen molar-refractivity contribution in [2.75, 3.05) is 7.11 Å². The number of methoxy groups -OCH3 is 1. The second-order valence-corrected chi connectivity index (χ2v) is 6.56. The van der Waals surface area contributed by atoms with Gasteiger partial charge in [0, 0.05) is 14.2 Å². The van der Waals surface area contributed by atoms with Crippen LogP contribution in [0, 0.1) is 6.92 Å². The zero-order valence-electron chi connectivity index (χ0n) is 10.9. The van der Waals surface area contributed by atoms with Gasteiger partial charge in [0.1, 0.15) is 5.75 Å². The molecule has 102 valence electrons. The van der Waals surface area contributed by atoms with Crippen LogP contribution >= 0.6 is 27.3 Å². The Kier molecular flexibility index (Phi) is 4.99. The van der Waals surface area contributed by atoms with Crippen LogP contribution < -0.4 is 16.0 Å². The first-order valence-electron chi connectivity index (χ1n) is 5.99. The van der Waals surface area contributed by atoms with Crippen molar-refractivity contribution in [2.24, 2.45) is 5.84 Å². The summed E-state index contributed by atoms with van der Waals surface area (Å²) in [5, 5.41) is 0. The van der Waals surface area contributed by atoms with Gasteiger partial charge in [-0.25, -0.2) is 0 Å². The topological polar surface area (TPSA) is 47.3 Å². The Morgan fingerprint density at radius 1 is 1.37 bits per heavy atom. The Hall–Kier alpha value is -0.880. The van der Waals surface area contributed by atoms with E-state index in [-0.39, 0.29) is 6.04 Å². The van der Waals surface area contributed by atoms with Gasteiger partial charge in [-0.2, -0.15) is 0 Å². The predicted octanol–water partition coefficient (Wildman–Crippen LogP) is 3.57. The number of hydrogen-bond donors (Lipinski definition) is 2. The minimum absolute atomic E-state index is 0.0990. The SMILES string of the molecule is COc1ccc(Br)cc1CC(NN)c1ccc(C)s1. The van der Waals surface area contributed by atoms with Crippen molar-refractivity contribution >= 4 is 27.3 Å². The molecule has 0 saturated carbocycles. The molecule has 0 aliphatic heterocycles. The number of nitrogens with two attached hydrogens (primary N) is 1. The first-order valence-corrected chi connectivity index (χ1v) is 7.60. The molecule has 0 spiro atoms. The zero-order chi connectivity index (χ0) is 13.8. The molecule has 3 nitrogen and oxygen atoms in total. The minimum atomic E-state index is 0.0990. The minimum Gasteiger partial charge on any atom is -0.496 e. The molecule has 1 aromatic carbocycles. The monoisotopic (exact) mass is 340 g/mol. The average molecular weight is 341 g/mol. The molecule has 0 saturated heterocycles. The Morgan fingerprint density at radius 3 is 2.74 bits per heavy atom. The van der Waals surface area contributed by atoms with E-state index in [1.807, 2.05) is 12.1 Å². The Morgan fingerprint density at radius 2 is 2.16 bits per heavy atom. The molecule has 1 atom stereocenters. The second-order valence-electron chi connectivity index (χ2n) is 4.33. The van der Waals surface area contributed by atoms with Gasteiger partial charge in [-0.3, -0.25) is 11.3 Å². The highest BCUT2D eigenvalue weighted by atomic mass is 79.9. The Bertz CT molecular complexity index is 556. The van der Waals surface area contributed by atoms with E-state index in [9.17, 15) is 0 Å². The van der Waals surface area contributed by atoms with Crippen molar-refractivity contribution in [3.63, 3.8) is 0 Å². The summed E-state index contributed by atoms with van der Waals surface area (Å²) in [6.45, 7) is 2.10. The summed E-state index contributed by atoms with van der Waals surface area (Å²) in [6, 6.07) is 10.3. The average Bonchev–Trinajstić information content (AvgIpc) is 2.82. The lowest BCUT2D eigenvalue weighted by atomic mass is 10.0. The number of benzene rings is 1. The molecule has 0 fully saturated rings. The zero-order valence-corrected chi connectivity index (χ0v) is 13.3. The molecular formula is C14H17BrN2OS. The van der Waals surface area contributed by atoms with Gasteiger partial charge in [0.05, 0.1) is 13.2 Å². The molecule has 0 amide bonds. The third kappa shape index (κ3) is 3.57. The smallest absolute Gasteiger partial charge is 0.122 e. The van der Waals surface area contributed by atoms with E-state index in [4.69, 9.17) is 10.6 Å². The van der Waals surface area contributed by atoms with Gasteiger partial charge in [0.2, 0.25) is 0 Å². The molecule has 0 bridgehead atoms. The summed E-state index contributed by atoms with van der Waals surface area (Å²) in [6.07, 6.45) is 0.791. The number of aryl methyl sites for hydroxylation is 1. The number of nitrogens with one attached hydrogen (secondary N) is 1. The van der Waals surface area contributed by atoms with Gasteiger partial charge in [-0.15, -0.1) is 11.3 Å². The third-order valence-electron chi connectivity index (χ3n) is 2.97. The van der Waals surface area contributed by atoms with Crippen molar-refractivity contribution in [1.29, 1.82) is 0 Å². The second kappa shape index (κ2) is 6.52. The lowest BCUT2D eigenvalue weighted by molar-refractivity contribution is 0.406. The highest BCUT2D eigenvalue weighted by Gasteiger charge is 2.15. The van der Waals surface area contributed by atoms with Crippen LogP contribution in [0.3, 0.4) is 0 Å². The van der Waals surface area contributed by atoms with E-state index >= 15 is 0 Å². The number of rotatable bonds is 5. The molecule has 1 heterocycles. The quantitative estimate of drug-likeness (QED) is 0.646. The number of ether oxygens (including phenoxy) is 1. The first kappa shape index (κ1) is 14.5. The van der Waals surface area contributed by atoms with Gasteiger partial charge in [-0.05, 0) is 49.2 Å². The van der Waals surface area contributed by atoms with Crippen LogP contribution in [-0.4, -0.2) is 7.11 Å². The predicted molar refractivity (Wildman–Crippen MR) is 83.5 cm³/mol. The highest BCUT2D eigenvalue weighted by Crippen LogP contribution is 2.30. The normalized spacial score (nSPS) is 12.4. The summed E-state index contributed by atoms with van der Waals surface area (Å²) < 4.78 is 6.44. The van der Waals surface area contributed by atoms with Gasteiger partial charge in [0.15, 0.2) is 0 Å². The fourth-order valence-electron chi connectivity index (χ4n) is 2.01. The van der Waals surface area contributed by atoms with Crippen molar-refractivity contribution in [2.45, 2.75) is 19.4 Å². The standard InChI is InChI=1S/C14H17BrN2OS/c1-9-3-6-14(19-9)12(17-16)8-10-7-11(15)4-5-13(10)18-2/h3-7,12,17H,8,16H2,1-2H3. The summed E-state index contributed by atoms with van der Waals surface area (Å²) in [5.74, 6) is 6.58. The molecule has 2 aromatic rings. The van der Waals surface area contributed by atoms with Crippen LogP contribution in [-0.2, 0) is 6.42 Å². The molecule has 2 rings (SSSR count). The van der Waals surface area contributed by atoms with Crippen LogP contribution in [0.5, 0.6) is 5.75 Å². The fourth-order valence-corrected chi connectivity index (χ4v) is 3.36. The first-order chi connectivity index (χ1) is 9.13. The number of hydrogen-bond acceptors (Lipinski definition) is 4. The molecule has 5 heteroatoms. The molecule has 0 radical (unpaired) electrons. The number of thiophene rings is 1. The number of hydrazine groups is 1. The van der Waals surface area contributed by atoms with Crippen LogP contribution in [0.2, 0.25) is 0 Å². The summed E-state index contributed by atoms with van der Waals surface area (Å²) in [7, 11) is 1.69. The van der Waals surface area contributed by atoms with E-state index in [0.717, 1.165) is 22.2 Å². The molecule has 19 heavy (non-hydrogen) atoms. The van der Waals surface area contributed by atoms with Crippen LogP contribution in [0.1, 0.15) is 21.4 Å². The maximum atomic E-state index is 5.70. The molecule has 0 aliphatic rings. The van der Waals surface area contributed by atoms with Crippen LogP contribution in [0.25, 0.3) is 0 Å². The van der Waals surface area contributed by atoms with Crippen molar-refractivity contribution in [1.82, 2.24) is 5.43 Å². The summed E-state index contributed by atoms with van der Waals surface area (Å²) in [4.78, 5) is 2.53. The van der Waals surface area contributed by atoms with Gasteiger partial charge < -0.3 is 4.74 Å². The van der Waals surface area contributed by atoms with Gasteiger partial charge in [-0.1, -0.05) is 15.9 Å². The molecule has 0 aliphatic carbocycles. The molecule has 1 aromatic heterocycles. The Balaban J connectivity index is 2.25. The van der Waals surface area contributed by atoms with Gasteiger partial charge in [0.25, 0.3) is 0 Å². The lowest BCUT2D eigenvalue weighted by Gasteiger charge is -2.16. The summed E-state index contributed by atoms with van der Waals surface area (Å²) in [5.41, 5.74) is 4.02. The van der Waals surface area contributed by atoms with E-state index in [0.29, 0.717) is 0 Å². The van der Waals surface area contributed by atoms with Crippen LogP contribution in [0.4, 0.5) is 0 Å². The summed E-state index contributed by atoms with van der Waals surface area (Å²) >= 11 is 5.26. The largest absolute Gasteiger partial charge is 0.496 e. The van der Waals surface area contributed by atoms with E-state index < -0.39 is 0 Å². The molecular weight excluding hydrogens is 324 g/mol.